The van der Waals surface area contributed by atoms with Crippen LogP contribution in [0.3, 0.4) is 0 Å². The maximum atomic E-state index is 13.9. The van der Waals surface area contributed by atoms with Crippen LogP contribution in [0.5, 0.6) is 0 Å². The van der Waals surface area contributed by atoms with Crippen molar-refractivity contribution in [3.63, 3.8) is 0 Å². The molecule has 0 N–H and O–H groups in total. The van der Waals surface area contributed by atoms with Gasteiger partial charge in [0.1, 0.15) is 18.5 Å². The lowest BCUT2D eigenvalue weighted by atomic mass is 9.76. The van der Waals surface area contributed by atoms with E-state index < -0.39 is 5.54 Å². The van der Waals surface area contributed by atoms with Crippen molar-refractivity contribution in [1.82, 2.24) is 9.80 Å². The van der Waals surface area contributed by atoms with Crippen molar-refractivity contribution in [1.29, 1.82) is 0 Å². The van der Waals surface area contributed by atoms with Crippen molar-refractivity contribution in [3.05, 3.63) is 71.5 Å². The van der Waals surface area contributed by atoms with E-state index in [0.29, 0.717) is 25.1 Å². The summed E-state index contributed by atoms with van der Waals surface area (Å²) in [7, 11) is 1.81. The average molecular weight is 382 g/mol. The van der Waals surface area contributed by atoms with Gasteiger partial charge in [-0.1, -0.05) is 48.5 Å². The Balaban J connectivity index is 1.58. The summed E-state index contributed by atoms with van der Waals surface area (Å²) in [5.74, 6) is -0.563. The molecule has 2 aliphatic heterocycles. The number of likely N-dealkylation sites (N-methyl/N-ethyl adjacent to an activating group) is 1. The van der Waals surface area contributed by atoms with Crippen molar-refractivity contribution in [3.8, 4) is 0 Å². The molecule has 4 rings (SSSR count). The first kappa shape index (κ1) is 18.6. The molecule has 28 heavy (non-hydrogen) atoms. The zero-order valence-corrected chi connectivity index (χ0v) is 15.8. The van der Waals surface area contributed by atoms with Crippen molar-refractivity contribution in [2.45, 2.75) is 24.5 Å². The number of fused-ring (bicyclic) bond motifs is 1. The third kappa shape index (κ3) is 3.07. The maximum absolute atomic E-state index is 13.9. The summed E-state index contributed by atoms with van der Waals surface area (Å²) in [5, 5.41) is 0. The first-order valence-electron chi connectivity index (χ1n) is 9.47. The van der Waals surface area contributed by atoms with Gasteiger partial charge in [-0.05, 0) is 23.6 Å². The molecule has 5 nitrogen and oxygen atoms in total. The molecule has 0 spiro atoms. The molecule has 2 amide bonds. The van der Waals surface area contributed by atoms with Crippen LogP contribution in [-0.4, -0.2) is 54.5 Å². The molecule has 0 unspecified atom stereocenters. The predicted octanol–water partition coefficient (Wildman–Crippen LogP) is 2.35. The van der Waals surface area contributed by atoms with E-state index >= 15 is 0 Å². The first-order valence-corrected chi connectivity index (χ1v) is 9.47. The molecule has 2 saturated heterocycles. The molecule has 2 fully saturated rings. The predicted molar refractivity (Wildman–Crippen MR) is 102 cm³/mol. The molecule has 146 valence electrons. The number of piperidine rings is 1. The Morgan fingerprint density at radius 2 is 1.89 bits per heavy atom. The number of morpholine rings is 1. The molecule has 6 heteroatoms. The Bertz CT molecular complexity index is 888. The Labute approximate surface area is 163 Å². The van der Waals surface area contributed by atoms with Gasteiger partial charge < -0.3 is 14.5 Å². The fraction of sp³-hybridized carbons (Fsp3) is 0.364. The van der Waals surface area contributed by atoms with Crippen LogP contribution in [0.15, 0.2) is 54.6 Å². The van der Waals surface area contributed by atoms with Gasteiger partial charge >= 0.3 is 0 Å². The SMILES string of the molecule is CN1C(=O)CO[C@@H]2CN(C(=O)Cc3ccccc3F)CC[C@]21c1ccccc1. The highest BCUT2D eigenvalue weighted by molar-refractivity contribution is 5.81. The summed E-state index contributed by atoms with van der Waals surface area (Å²) < 4.78 is 19.8. The Hall–Kier alpha value is -2.73. The third-order valence-electron chi connectivity index (χ3n) is 5.99. The normalized spacial score (nSPS) is 24.8. The van der Waals surface area contributed by atoms with Crippen LogP contribution in [-0.2, 0) is 26.3 Å². The van der Waals surface area contributed by atoms with Crippen LogP contribution < -0.4 is 0 Å². The van der Waals surface area contributed by atoms with Gasteiger partial charge in [-0.15, -0.1) is 0 Å². The Kier molecular flexibility index (Phi) is 4.89. The lowest BCUT2D eigenvalue weighted by Gasteiger charge is -2.54. The highest BCUT2D eigenvalue weighted by Crippen LogP contribution is 2.42. The van der Waals surface area contributed by atoms with E-state index in [1.807, 2.05) is 37.4 Å². The largest absolute Gasteiger partial charge is 0.364 e. The van der Waals surface area contributed by atoms with Crippen LogP contribution >= 0.6 is 0 Å². The van der Waals surface area contributed by atoms with Gasteiger partial charge in [0.25, 0.3) is 0 Å². The molecule has 2 heterocycles. The van der Waals surface area contributed by atoms with Crippen LogP contribution in [0, 0.1) is 5.82 Å². The number of hydrogen-bond donors (Lipinski definition) is 0. The summed E-state index contributed by atoms with van der Waals surface area (Å²) in [6.45, 7) is 0.866. The number of likely N-dealkylation sites (tertiary alicyclic amines) is 1. The van der Waals surface area contributed by atoms with Crippen LogP contribution in [0.2, 0.25) is 0 Å². The molecule has 0 aliphatic carbocycles. The van der Waals surface area contributed by atoms with E-state index in [0.717, 1.165) is 5.56 Å². The summed E-state index contributed by atoms with van der Waals surface area (Å²) in [5.41, 5.74) is 0.812. The van der Waals surface area contributed by atoms with E-state index in [-0.39, 0.29) is 36.8 Å². The fourth-order valence-corrected chi connectivity index (χ4v) is 4.37. The van der Waals surface area contributed by atoms with Crippen molar-refractivity contribution >= 4 is 11.8 Å². The second-order valence-corrected chi connectivity index (χ2v) is 7.40. The molecule has 0 radical (unpaired) electrons. The molecule has 0 aromatic heterocycles. The number of carbonyl (C=O) groups is 2. The number of hydrogen-bond acceptors (Lipinski definition) is 3. The van der Waals surface area contributed by atoms with E-state index in [4.69, 9.17) is 4.74 Å². The van der Waals surface area contributed by atoms with E-state index in [9.17, 15) is 14.0 Å². The molecule has 0 bridgehead atoms. The van der Waals surface area contributed by atoms with Gasteiger partial charge in [0.15, 0.2) is 0 Å². The first-order chi connectivity index (χ1) is 13.5. The minimum Gasteiger partial charge on any atom is -0.364 e. The van der Waals surface area contributed by atoms with Gasteiger partial charge in [-0.25, -0.2) is 4.39 Å². The van der Waals surface area contributed by atoms with Crippen molar-refractivity contribution in [2.75, 3.05) is 26.7 Å². The van der Waals surface area contributed by atoms with E-state index in [2.05, 4.69) is 0 Å². The molecule has 2 atom stereocenters. The monoisotopic (exact) mass is 382 g/mol. The number of benzene rings is 2. The standard InChI is InChI=1S/C22H23FN2O3/c1-24-21(27)15-28-19-14-25(20(26)13-16-7-5-6-10-18(16)23)12-11-22(19,24)17-8-3-2-4-9-17/h2-10,19H,11-15H2,1H3/t19-,22+/m1/s1. The number of rotatable bonds is 3. The number of halogens is 1. The zero-order chi connectivity index (χ0) is 19.7. The van der Waals surface area contributed by atoms with Crippen LogP contribution in [0.4, 0.5) is 4.39 Å². The molecule has 2 aromatic carbocycles. The van der Waals surface area contributed by atoms with Crippen LogP contribution in [0.1, 0.15) is 17.5 Å². The second kappa shape index (κ2) is 7.36. The zero-order valence-electron chi connectivity index (χ0n) is 15.8. The van der Waals surface area contributed by atoms with Gasteiger partial charge in [-0.3, -0.25) is 9.59 Å². The van der Waals surface area contributed by atoms with E-state index in [1.165, 1.54) is 6.07 Å². The number of carbonyl (C=O) groups excluding carboxylic acids is 2. The number of ether oxygens (including phenoxy) is 1. The highest BCUT2D eigenvalue weighted by Gasteiger charge is 2.53. The summed E-state index contributed by atoms with van der Waals surface area (Å²) in [6.07, 6.45) is 0.273. The fourth-order valence-electron chi connectivity index (χ4n) is 4.37. The van der Waals surface area contributed by atoms with E-state index in [1.54, 1.807) is 28.0 Å². The minimum atomic E-state index is -0.592. The summed E-state index contributed by atoms with van der Waals surface area (Å²) in [4.78, 5) is 28.7. The lowest BCUT2D eigenvalue weighted by Crippen LogP contribution is -2.67. The second-order valence-electron chi connectivity index (χ2n) is 7.40. The minimum absolute atomic E-state index is 0.00505. The maximum Gasteiger partial charge on any atom is 0.249 e. The highest BCUT2D eigenvalue weighted by atomic mass is 19.1. The lowest BCUT2D eigenvalue weighted by molar-refractivity contribution is -0.184. The van der Waals surface area contributed by atoms with Gasteiger partial charge in [0, 0.05) is 20.1 Å². The molecule has 2 aromatic rings. The smallest absolute Gasteiger partial charge is 0.249 e. The average Bonchev–Trinajstić information content (AvgIpc) is 2.73. The number of nitrogens with zero attached hydrogens (tertiary/aromatic N) is 2. The number of amides is 2. The molecule has 2 aliphatic rings. The van der Waals surface area contributed by atoms with Crippen molar-refractivity contribution in [2.24, 2.45) is 0 Å². The molecular formula is C22H23FN2O3. The topological polar surface area (TPSA) is 49.9 Å². The quantitative estimate of drug-likeness (QED) is 0.819. The van der Waals surface area contributed by atoms with Gasteiger partial charge in [0.2, 0.25) is 11.8 Å². The Morgan fingerprint density at radius 3 is 2.64 bits per heavy atom. The van der Waals surface area contributed by atoms with Crippen molar-refractivity contribution < 1.29 is 18.7 Å². The summed E-state index contributed by atoms with van der Waals surface area (Å²) >= 11 is 0. The summed E-state index contributed by atoms with van der Waals surface area (Å²) in [6, 6.07) is 16.2. The third-order valence-corrected chi connectivity index (χ3v) is 5.99. The Morgan fingerprint density at radius 1 is 1.18 bits per heavy atom. The van der Waals surface area contributed by atoms with Gasteiger partial charge in [-0.2, -0.15) is 0 Å². The van der Waals surface area contributed by atoms with Gasteiger partial charge in [0.05, 0.1) is 12.0 Å². The molecule has 0 saturated carbocycles. The molecular weight excluding hydrogens is 359 g/mol. The van der Waals surface area contributed by atoms with Crippen LogP contribution in [0.25, 0.3) is 0 Å².